The molecule has 1 fully saturated rings. The number of carbonyl (C=O) groups excluding carboxylic acids is 3. The molecule has 1 aliphatic rings. The van der Waals surface area contributed by atoms with E-state index in [0.717, 1.165) is 5.56 Å². The molecule has 1 aliphatic heterocycles. The summed E-state index contributed by atoms with van der Waals surface area (Å²) in [5, 5.41) is 3.38. The molecule has 0 unspecified atom stereocenters. The molecule has 0 atom stereocenters. The van der Waals surface area contributed by atoms with Crippen molar-refractivity contribution >= 4 is 51.6 Å². The van der Waals surface area contributed by atoms with E-state index in [2.05, 4.69) is 10.3 Å². The average molecular weight is 630 g/mol. The van der Waals surface area contributed by atoms with Gasteiger partial charge in [-0.25, -0.2) is 4.39 Å². The highest BCUT2D eigenvalue weighted by Gasteiger charge is 2.30. The lowest BCUT2D eigenvalue weighted by Crippen LogP contribution is -2.52. The minimum atomic E-state index is -0.694. The number of thiocarbonyl (C=S) groups is 1. The highest BCUT2D eigenvalue weighted by molar-refractivity contribution is 7.80. The number of piperidine rings is 1. The van der Waals surface area contributed by atoms with Gasteiger partial charge in [0.05, 0.1) is 24.6 Å². The molecular weight excluding hydrogens is 597 g/mol. The minimum Gasteiger partial charge on any atom is -0.496 e. The first-order chi connectivity index (χ1) is 21.6. The molecule has 0 spiro atoms. The van der Waals surface area contributed by atoms with E-state index in [4.69, 9.17) is 27.4 Å². The Morgan fingerprint density at radius 3 is 2.42 bits per heavy atom. The van der Waals surface area contributed by atoms with E-state index in [1.54, 1.807) is 28.0 Å². The molecule has 0 saturated carbocycles. The van der Waals surface area contributed by atoms with Crippen molar-refractivity contribution in [2.75, 3.05) is 25.1 Å². The predicted octanol–water partition coefficient (Wildman–Crippen LogP) is 4.73. The van der Waals surface area contributed by atoms with Gasteiger partial charge in [-0.1, -0.05) is 30.3 Å². The van der Waals surface area contributed by atoms with E-state index in [0.29, 0.717) is 42.5 Å². The van der Waals surface area contributed by atoms with Crippen molar-refractivity contribution in [3.8, 4) is 17.2 Å². The quantitative estimate of drug-likeness (QED) is 0.268. The molecule has 10 nitrogen and oxygen atoms in total. The second-order valence-electron chi connectivity index (χ2n) is 10.6. The Kier molecular flexibility index (Phi) is 9.53. The number of pyridine rings is 1. The summed E-state index contributed by atoms with van der Waals surface area (Å²) < 4.78 is 27.0. The molecule has 0 radical (unpaired) electrons. The van der Waals surface area contributed by atoms with E-state index in [1.807, 2.05) is 30.3 Å². The SMILES string of the molecule is COc1cc2nccc(Oc3ccc(N(C(=S)NC(=O)Cc4ccccc4)C4CCN(C(C)=O)CC4)cc3F)c2cc1C(N)=O. The van der Waals surface area contributed by atoms with Gasteiger partial charge in [-0.05, 0) is 54.9 Å². The number of halogens is 1. The van der Waals surface area contributed by atoms with Gasteiger partial charge in [0, 0.05) is 55.5 Å². The second kappa shape index (κ2) is 13.7. The topological polar surface area (TPSA) is 127 Å². The van der Waals surface area contributed by atoms with Crippen molar-refractivity contribution in [3.05, 3.63) is 89.9 Å². The molecule has 1 aromatic heterocycles. The highest BCUT2D eigenvalue weighted by atomic mass is 32.1. The van der Waals surface area contributed by atoms with Crippen LogP contribution in [-0.4, -0.2) is 59.0 Å². The Morgan fingerprint density at radius 2 is 1.78 bits per heavy atom. The largest absolute Gasteiger partial charge is 0.496 e. The number of ether oxygens (including phenoxy) is 2. The maximum absolute atomic E-state index is 15.7. The van der Waals surface area contributed by atoms with Gasteiger partial charge in [0.1, 0.15) is 11.5 Å². The number of likely N-dealkylation sites (tertiary alicyclic amines) is 1. The number of methoxy groups -OCH3 is 1. The number of nitrogens with one attached hydrogen (secondary N) is 1. The van der Waals surface area contributed by atoms with Gasteiger partial charge in [-0.3, -0.25) is 19.4 Å². The standard InChI is InChI=1S/C33H32FN5O5S/c1-20(40)38-14-11-22(12-15-38)39(33(45)37-31(41)16-21-6-4-3-5-7-21)23-8-9-29(26(34)17-23)44-28-10-13-36-27-19-30(43-2)25(32(35)42)18-24(27)28/h3-10,13,17-19,22H,11-12,14-16H2,1-2H3,(H2,35,42)(H,37,41,45). The van der Waals surface area contributed by atoms with E-state index < -0.39 is 11.7 Å². The number of carbonyl (C=O) groups is 3. The number of nitrogens with zero attached hydrogens (tertiary/aromatic N) is 3. The maximum Gasteiger partial charge on any atom is 0.252 e. The van der Waals surface area contributed by atoms with Crippen LogP contribution in [0, 0.1) is 5.82 Å². The maximum atomic E-state index is 15.7. The van der Waals surface area contributed by atoms with Gasteiger partial charge in [0.15, 0.2) is 16.7 Å². The first-order valence-electron chi connectivity index (χ1n) is 14.3. The zero-order valence-corrected chi connectivity index (χ0v) is 25.6. The molecule has 3 aromatic carbocycles. The Balaban J connectivity index is 1.42. The predicted molar refractivity (Wildman–Crippen MR) is 172 cm³/mol. The third kappa shape index (κ3) is 7.18. The van der Waals surface area contributed by atoms with Crippen molar-refractivity contribution in [3.63, 3.8) is 0 Å². The van der Waals surface area contributed by atoms with Crippen molar-refractivity contribution in [2.45, 2.75) is 32.2 Å². The third-order valence-corrected chi connectivity index (χ3v) is 7.95. The monoisotopic (exact) mass is 629 g/mol. The van der Waals surface area contributed by atoms with Crippen LogP contribution in [0.1, 0.15) is 35.7 Å². The number of nitrogens with two attached hydrogens (primary N) is 1. The van der Waals surface area contributed by atoms with Crippen molar-refractivity contribution in [1.29, 1.82) is 0 Å². The molecule has 12 heteroatoms. The number of benzene rings is 3. The molecule has 5 rings (SSSR count). The summed E-state index contributed by atoms with van der Waals surface area (Å²) in [6.45, 7) is 2.54. The van der Waals surface area contributed by atoms with Crippen LogP contribution in [0.25, 0.3) is 10.9 Å². The van der Waals surface area contributed by atoms with Gasteiger partial charge in [0.25, 0.3) is 5.91 Å². The molecule has 0 bridgehead atoms. The smallest absolute Gasteiger partial charge is 0.252 e. The van der Waals surface area contributed by atoms with Crippen LogP contribution in [0.5, 0.6) is 17.2 Å². The fraction of sp³-hybridized carbons (Fsp3) is 0.242. The number of primary amides is 1. The summed E-state index contributed by atoms with van der Waals surface area (Å²) in [4.78, 5) is 44.6. The zero-order valence-electron chi connectivity index (χ0n) is 24.8. The second-order valence-corrected chi connectivity index (χ2v) is 11.0. The summed E-state index contributed by atoms with van der Waals surface area (Å²) in [6.07, 6.45) is 2.77. The van der Waals surface area contributed by atoms with Crippen molar-refractivity contribution < 1.29 is 28.2 Å². The highest BCUT2D eigenvalue weighted by Crippen LogP contribution is 2.35. The molecule has 0 aliphatic carbocycles. The molecule has 232 valence electrons. The first-order valence-corrected chi connectivity index (χ1v) is 14.7. The number of amides is 3. The van der Waals surface area contributed by atoms with Crippen LogP contribution < -0.4 is 25.4 Å². The molecule has 45 heavy (non-hydrogen) atoms. The van der Waals surface area contributed by atoms with E-state index >= 15 is 4.39 Å². The number of hydrogen-bond acceptors (Lipinski definition) is 7. The minimum absolute atomic E-state index is 0.0173. The Bertz CT molecular complexity index is 1760. The van der Waals surface area contributed by atoms with Crippen molar-refractivity contribution in [2.24, 2.45) is 5.73 Å². The summed E-state index contributed by atoms with van der Waals surface area (Å²) >= 11 is 5.70. The van der Waals surface area contributed by atoms with Crippen LogP contribution in [0.15, 0.2) is 72.9 Å². The summed E-state index contributed by atoms with van der Waals surface area (Å²) in [6, 6.07) is 18.1. The van der Waals surface area contributed by atoms with Crippen LogP contribution in [-0.2, 0) is 16.0 Å². The number of fused-ring (bicyclic) bond motifs is 1. The van der Waals surface area contributed by atoms with Crippen LogP contribution in [0.2, 0.25) is 0 Å². The van der Waals surface area contributed by atoms with E-state index in [-0.39, 0.29) is 52.2 Å². The summed E-state index contributed by atoms with van der Waals surface area (Å²) in [5.74, 6) is -1.24. The first kappa shape index (κ1) is 31.3. The van der Waals surface area contributed by atoms with E-state index in [9.17, 15) is 14.4 Å². The van der Waals surface area contributed by atoms with Gasteiger partial charge in [-0.2, -0.15) is 0 Å². The molecule has 3 amide bonds. The third-order valence-electron chi connectivity index (χ3n) is 7.65. The average Bonchev–Trinajstić information content (AvgIpc) is 3.02. The lowest BCUT2D eigenvalue weighted by molar-refractivity contribution is -0.129. The number of anilines is 1. The lowest BCUT2D eigenvalue weighted by atomic mass is 10.0. The Labute approximate surface area is 264 Å². The van der Waals surface area contributed by atoms with Crippen LogP contribution >= 0.6 is 12.2 Å². The Morgan fingerprint density at radius 1 is 1.04 bits per heavy atom. The number of aromatic nitrogens is 1. The van der Waals surface area contributed by atoms with Crippen LogP contribution in [0.3, 0.4) is 0 Å². The molecule has 3 N–H and O–H groups in total. The van der Waals surface area contributed by atoms with Crippen LogP contribution in [0.4, 0.5) is 10.1 Å². The molecule has 4 aromatic rings. The van der Waals surface area contributed by atoms with Gasteiger partial charge in [-0.15, -0.1) is 0 Å². The molecule has 2 heterocycles. The molecular formula is C33H32FN5O5S. The lowest BCUT2D eigenvalue weighted by Gasteiger charge is -2.39. The fourth-order valence-corrected chi connectivity index (χ4v) is 5.75. The van der Waals surface area contributed by atoms with E-state index in [1.165, 1.54) is 38.4 Å². The van der Waals surface area contributed by atoms with Gasteiger partial charge >= 0.3 is 0 Å². The molecule has 1 saturated heterocycles. The fourth-order valence-electron chi connectivity index (χ4n) is 5.38. The van der Waals surface area contributed by atoms with Gasteiger partial charge in [0.2, 0.25) is 11.8 Å². The number of hydrogen-bond donors (Lipinski definition) is 2. The summed E-state index contributed by atoms with van der Waals surface area (Å²) in [7, 11) is 1.42. The normalized spacial score (nSPS) is 13.3. The van der Waals surface area contributed by atoms with Crippen molar-refractivity contribution in [1.82, 2.24) is 15.2 Å². The number of rotatable bonds is 8. The Hall–Kier alpha value is -5.10. The summed E-state index contributed by atoms with van der Waals surface area (Å²) in [5.41, 5.74) is 7.38. The zero-order chi connectivity index (χ0) is 32.1. The van der Waals surface area contributed by atoms with Gasteiger partial charge < -0.3 is 30.3 Å².